The van der Waals surface area contributed by atoms with Gasteiger partial charge in [0.05, 0.1) is 16.8 Å². The van der Waals surface area contributed by atoms with Crippen LogP contribution in [0.1, 0.15) is 41.5 Å². The number of carboxylic acids is 1. The predicted molar refractivity (Wildman–Crippen MR) is 131 cm³/mol. The van der Waals surface area contributed by atoms with Crippen molar-refractivity contribution in [1.82, 2.24) is 20.0 Å². The fraction of sp³-hybridized carbons (Fsp3) is 0.360. The summed E-state index contributed by atoms with van der Waals surface area (Å²) in [4.78, 5) is 37.2. The van der Waals surface area contributed by atoms with Crippen LogP contribution in [0.25, 0.3) is 5.65 Å². The summed E-state index contributed by atoms with van der Waals surface area (Å²) >= 11 is 0. The molecular weight excluding hydrogens is 604 g/mol. The number of nitrogens with one attached hydrogen (secondary N) is 2. The molecule has 3 aromatic rings. The Hall–Kier alpha value is -4.64. The molecule has 2 aromatic heterocycles. The molecule has 0 radical (unpaired) electrons. The molecular formula is C25H24F8N4O6. The minimum absolute atomic E-state index is 0.0287. The molecule has 0 fully saturated rings. The second-order valence-electron chi connectivity index (χ2n) is 9.19. The molecule has 2 heterocycles. The van der Waals surface area contributed by atoms with Crippen molar-refractivity contribution in [3.8, 4) is 5.75 Å². The number of aryl methyl sites for hydroxylation is 1. The molecule has 0 saturated carbocycles. The fourth-order valence-corrected chi connectivity index (χ4v) is 3.59. The van der Waals surface area contributed by atoms with Gasteiger partial charge in [0, 0.05) is 19.2 Å². The molecule has 0 aliphatic carbocycles. The number of ether oxygens (including phenoxy) is 1. The van der Waals surface area contributed by atoms with Crippen molar-refractivity contribution in [2.45, 2.75) is 51.2 Å². The second kappa shape index (κ2) is 13.6. The van der Waals surface area contributed by atoms with E-state index >= 15 is 0 Å². The predicted octanol–water partition coefficient (Wildman–Crippen LogP) is 5.23. The molecule has 10 nitrogen and oxygen atoms in total. The Kier molecular flexibility index (Phi) is 10.9. The van der Waals surface area contributed by atoms with Crippen molar-refractivity contribution in [1.29, 1.82) is 0 Å². The van der Waals surface area contributed by atoms with Gasteiger partial charge in [-0.15, -0.1) is 0 Å². The lowest BCUT2D eigenvalue weighted by atomic mass is 9.95. The zero-order valence-corrected chi connectivity index (χ0v) is 22.2. The number of carbonyl (C=O) groups is 3. The van der Waals surface area contributed by atoms with Crippen molar-refractivity contribution >= 4 is 23.6 Å². The number of imidazole rings is 1. The Bertz CT molecular complexity index is 1450. The number of hydrogen-bond acceptors (Lipinski definition) is 5. The maximum atomic E-state index is 13.9. The molecule has 2 amide bonds. The second-order valence-corrected chi connectivity index (χ2v) is 9.19. The van der Waals surface area contributed by atoms with E-state index in [-0.39, 0.29) is 28.3 Å². The van der Waals surface area contributed by atoms with Crippen LogP contribution in [-0.2, 0) is 11.4 Å². The highest BCUT2D eigenvalue weighted by atomic mass is 19.4. The lowest BCUT2D eigenvalue weighted by molar-refractivity contribution is -0.192. The van der Waals surface area contributed by atoms with Gasteiger partial charge in [-0.3, -0.25) is 9.20 Å². The SMILES string of the molecule is Cc1nc2c(OCc3c(F)cccc3F)cccn2c1C(=O)NCC(C)(CCC(F)(F)F)NC(=O)O.O=C(O)C(F)(F)F. The van der Waals surface area contributed by atoms with Crippen molar-refractivity contribution in [3.63, 3.8) is 0 Å². The minimum atomic E-state index is -5.08. The van der Waals surface area contributed by atoms with Crippen LogP contribution >= 0.6 is 0 Å². The van der Waals surface area contributed by atoms with Gasteiger partial charge in [0.25, 0.3) is 5.91 Å². The lowest BCUT2D eigenvalue weighted by Crippen LogP contribution is -2.53. The van der Waals surface area contributed by atoms with Crippen LogP contribution in [0, 0.1) is 18.6 Å². The van der Waals surface area contributed by atoms with Crippen LogP contribution in [0.3, 0.4) is 0 Å². The molecule has 236 valence electrons. The number of aromatic nitrogens is 2. The molecule has 0 spiro atoms. The third-order valence-electron chi connectivity index (χ3n) is 5.69. The van der Waals surface area contributed by atoms with Crippen LogP contribution in [0.2, 0.25) is 0 Å². The van der Waals surface area contributed by atoms with Gasteiger partial charge >= 0.3 is 24.4 Å². The van der Waals surface area contributed by atoms with Gasteiger partial charge in [-0.25, -0.2) is 23.4 Å². The number of hydrogen-bond donors (Lipinski definition) is 4. The van der Waals surface area contributed by atoms with E-state index in [4.69, 9.17) is 19.7 Å². The number of amides is 2. The monoisotopic (exact) mass is 628 g/mol. The first kappa shape index (κ1) is 34.6. The van der Waals surface area contributed by atoms with E-state index in [2.05, 4.69) is 10.3 Å². The lowest BCUT2D eigenvalue weighted by Gasteiger charge is -2.30. The molecule has 1 unspecified atom stereocenters. The maximum absolute atomic E-state index is 13.9. The van der Waals surface area contributed by atoms with Crippen molar-refractivity contribution in [3.05, 3.63) is 65.1 Å². The molecule has 0 aliphatic rings. The molecule has 43 heavy (non-hydrogen) atoms. The first-order chi connectivity index (χ1) is 19.7. The van der Waals surface area contributed by atoms with E-state index in [9.17, 15) is 44.7 Å². The Morgan fingerprint density at radius 3 is 2.07 bits per heavy atom. The van der Waals surface area contributed by atoms with E-state index < -0.39 is 73.5 Å². The van der Waals surface area contributed by atoms with Crippen LogP contribution in [0.4, 0.5) is 39.9 Å². The highest BCUT2D eigenvalue weighted by Gasteiger charge is 2.38. The summed E-state index contributed by atoms with van der Waals surface area (Å²) in [5, 5.41) is 20.6. The molecule has 1 aromatic carbocycles. The Morgan fingerprint density at radius 1 is 0.977 bits per heavy atom. The van der Waals surface area contributed by atoms with Gasteiger partial charge in [-0.2, -0.15) is 26.3 Å². The van der Waals surface area contributed by atoms with E-state index in [1.165, 1.54) is 42.6 Å². The number of fused-ring (bicyclic) bond motifs is 1. The van der Waals surface area contributed by atoms with Crippen molar-refractivity contribution < 1.29 is 64.5 Å². The van der Waals surface area contributed by atoms with Gasteiger partial charge in [0.2, 0.25) is 0 Å². The van der Waals surface area contributed by atoms with E-state index in [1.807, 2.05) is 5.32 Å². The molecule has 0 bridgehead atoms. The number of halogens is 8. The number of aliphatic carboxylic acids is 1. The normalized spacial score (nSPS) is 13.0. The summed E-state index contributed by atoms with van der Waals surface area (Å²) in [6, 6.07) is 6.40. The largest absolute Gasteiger partial charge is 0.490 e. The van der Waals surface area contributed by atoms with Gasteiger partial charge in [0.1, 0.15) is 23.9 Å². The maximum Gasteiger partial charge on any atom is 0.490 e. The Balaban J connectivity index is 0.000000821. The summed E-state index contributed by atoms with van der Waals surface area (Å²) in [6.45, 7) is 1.90. The fourth-order valence-electron chi connectivity index (χ4n) is 3.59. The zero-order chi connectivity index (χ0) is 32.8. The summed E-state index contributed by atoms with van der Waals surface area (Å²) in [6.07, 6.45) is -11.5. The van der Waals surface area contributed by atoms with Gasteiger partial charge in [0.15, 0.2) is 11.4 Å². The van der Waals surface area contributed by atoms with Gasteiger partial charge < -0.3 is 25.6 Å². The van der Waals surface area contributed by atoms with Crippen LogP contribution in [0.15, 0.2) is 36.5 Å². The average Bonchev–Trinajstić information content (AvgIpc) is 3.21. The van der Waals surface area contributed by atoms with Crippen molar-refractivity contribution in [2.75, 3.05) is 6.54 Å². The standard InChI is InChI=1S/C23H23F5N4O4.C2HF3O2/c1-13-18(20(33)29-12-22(2,31-21(34)35)8-9-23(26,27)28)32-10-4-7-17(19(32)30-13)36-11-14-15(24)5-3-6-16(14)25;3-2(4,5)1(6)7/h3-7,10,31H,8-9,11-12H2,1-2H3,(H,29,33)(H,34,35);(H,6,7). The number of carboxylic acid groups (broad SMARTS) is 2. The van der Waals surface area contributed by atoms with Gasteiger partial charge in [-0.1, -0.05) is 6.07 Å². The van der Waals surface area contributed by atoms with Crippen molar-refractivity contribution in [2.24, 2.45) is 0 Å². The van der Waals surface area contributed by atoms with Gasteiger partial charge in [-0.05, 0) is 44.5 Å². The molecule has 3 rings (SSSR count). The van der Waals surface area contributed by atoms with Crippen LogP contribution in [-0.4, -0.2) is 62.0 Å². The number of pyridine rings is 1. The molecule has 18 heteroatoms. The topological polar surface area (TPSA) is 142 Å². The number of alkyl halides is 6. The summed E-state index contributed by atoms with van der Waals surface area (Å²) < 4.78 is 105. The Labute approximate surface area is 237 Å². The third-order valence-corrected chi connectivity index (χ3v) is 5.69. The number of carbonyl (C=O) groups excluding carboxylic acids is 1. The third kappa shape index (κ3) is 10.00. The first-order valence-electron chi connectivity index (χ1n) is 11.9. The summed E-state index contributed by atoms with van der Waals surface area (Å²) in [7, 11) is 0. The van der Waals surface area contributed by atoms with E-state index in [0.717, 1.165) is 12.1 Å². The van der Waals surface area contributed by atoms with E-state index in [1.54, 1.807) is 0 Å². The Morgan fingerprint density at radius 2 is 1.56 bits per heavy atom. The summed E-state index contributed by atoms with van der Waals surface area (Å²) in [5.41, 5.74) is -1.45. The number of nitrogens with zero attached hydrogens (tertiary/aromatic N) is 2. The molecule has 1 atom stereocenters. The molecule has 0 aliphatic heterocycles. The zero-order valence-electron chi connectivity index (χ0n) is 22.2. The quantitative estimate of drug-likeness (QED) is 0.238. The van der Waals surface area contributed by atoms with E-state index in [0.29, 0.717) is 0 Å². The minimum Gasteiger partial charge on any atom is -0.485 e. The van der Waals surface area contributed by atoms with Crippen LogP contribution in [0.5, 0.6) is 5.75 Å². The number of benzene rings is 1. The number of rotatable bonds is 9. The summed E-state index contributed by atoms with van der Waals surface area (Å²) in [5.74, 6) is -4.92. The molecule has 4 N–H and O–H groups in total. The highest BCUT2D eigenvalue weighted by Crippen LogP contribution is 2.27. The van der Waals surface area contributed by atoms with Crippen LogP contribution < -0.4 is 15.4 Å². The smallest absolute Gasteiger partial charge is 0.485 e. The highest BCUT2D eigenvalue weighted by molar-refractivity contribution is 5.95. The first-order valence-corrected chi connectivity index (χ1v) is 11.9. The average molecular weight is 628 g/mol. The molecule has 0 saturated heterocycles.